The van der Waals surface area contributed by atoms with E-state index in [1.807, 2.05) is 32.1 Å². The first-order valence-corrected chi connectivity index (χ1v) is 4.44. The Bertz CT molecular complexity index is 292. The topological polar surface area (TPSA) is 12.9 Å². The molecular weight excluding hydrogens is 170 g/mol. The molecular formula is C10H12ClN. The predicted molar refractivity (Wildman–Crippen MR) is 53.5 cm³/mol. The fraction of sp³-hybridized carbons (Fsp3) is 0.300. The molecule has 0 amide bonds. The first-order valence-electron chi connectivity index (χ1n) is 3.91. The SMILES string of the molecule is Cc1ccc(C=CCCl)c(C)n1. The van der Waals surface area contributed by atoms with Crippen molar-refractivity contribution in [2.24, 2.45) is 0 Å². The summed E-state index contributed by atoms with van der Waals surface area (Å²) >= 11 is 5.53. The molecule has 0 aliphatic carbocycles. The molecule has 0 aromatic carbocycles. The molecule has 0 bridgehead atoms. The Balaban J connectivity index is 2.94. The Hall–Kier alpha value is -0.820. The van der Waals surface area contributed by atoms with Crippen LogP contribution in [0.15, 0.2) is 18.2 Å². The van der Waals surface area contributed by atoms with Crippen LogP contribution >= 0.6 is 11.6 Å². The van der Waals surface area contributed by atoms with Gasteiger partial charge in [0.05, 0.1) is 0 Å². The van der Waals surface area contributed by atoms with Gasteiger partial charge >= 0.3 is 0 Å². The largest absolute Gasteiger partial charge is 0.258 e. The fourth-order valence-corrected chi connectivity index (χ4v) is 1.13. The molecule has 0 saturated carbocycles. The zero-order chi connectivity index (χ0) is 8.97. The average Bonchev–Trinajstić information content (AvgIpc) is 2.03. The van der Waals surface area contributed by atoms with E-state index in [0.29, 0.717) is 5.88 Å². The number of alkyl halides is 1. The van der Waals surface area contributed by atoms with E-state index in [9.17, 15) is 0 Å². The van der Waals surface area contributed by atoms with Gasteiger partial charge in [0, 0.05) is 17.3 Å². The van der Waals surface area contributed by atoms with Gasteiger partial charge in [0.25, 0.3) is 0 Å². The smallest absolute Gasteiger partial charge is 0.0447 e. The Morgan fingerprint density at radius 1 is 1.42 bits per heavy atom. The highest BCUT2D eigenvalue weighted by molar-refractivity contribution is 6.19. The molecule has 1 aromatic rings. The molecule has 0 aliphatic rings. The van der Waals surface area contributed by atoms with Crippen LogP contribution in [0.2, 0.25) is 0 Å². The second kappa shape index (κ2) is 4.27. The van der Waals surface area contributed by atoms with Crippen molar-refractivity contribution in [3.8, 4) is 0 Å². The van der Waals surface area contributed by atoms with E-state index in [-0.39, 0.29) is 0 Å². The van der Waals surface area contributed by atoms with E-state index in [1.165, 1.54) is 0 Å². The van der Waals surface area contributed by atoms with Gasteiger partial charge in [-0.05, 0) is 25.5 Å². The molecule has 0 saturated heterocycles. The maximum Gasteiger partial charge on any atom is 0.0447 e. The number of halogens is 1. The molecule has 0 aliphatic heterocycles. The van der Waals surface area contributed by atoms with Crippen LogP contribution in [0.4, 0.5) is 0 Å². The third-order valence-corrected chi connectivity index (χ3v) is 1.83. The fourth-order valence-electron chi connectivity index (χ4n) is 1.04. The molecule has 0 N–H and O–H groups in total. The van der Waals surface area contributed by atoms with E-state index in [0.717, 1.165) is 17.0 Å². The lowest BCUT2D eigenvalue weighted by Crippen LogP contribution is -1.88. The first-order chi connectivity index (χ1) is 5.74. The first kappa shape index (κ1) is 9.27. The number of nitrogens with zero attached hydrogens (tertiary/aromatic N) is 1. The van der Waals surface area contributed by atoms with E-state index in [1.54, 1.807) is 0 Å². The Labute approximate surface area is 78.1 Å². The standard InChI is InChI=1S/C10H12ClN/c1-8-5-6-10(4-3-7-11)9(2)12-8/h3-6H,7H2,1-2H3. The third-order valence-electron chi connectivity index (χ3n) is 1.65. The van der Waals surface area contributed by atoms with Gasteiger partial charge in [-0.1, -0.05) is 18.2 Å². The van der Waals surface area contributed by atoms with Crippen LogP contribution in [0.3, 0.4) is 0 Å². The Morgan fingerprint density at radius 2 is 2.17 bits per heavy atom. The Morgan fingerprint density at radius 3 is 2.75 bits per heavy atom. The lowest BCUT2D eigenvalue weighted by molar-refractivity contribution is 1.11. The monoisotopic (exact) mass is 181 g/mol. The number of pyridine rings is 1. The normalized spacial score (nSPS) is 10.9. The minimum absolute atomic E-state index is 0.549. The molecule has 0 unspecified atom stereocenters. The van der Waals surface area contributed by atoms with E-state index < -0.39 is 0 Å². The molecule has 12 heavy (non-hydrogen) atoms. The summed E-state index contributed by atoms with van der Waals surface area (Å²) < 4.78 is 0. The predicted octanol–water partition coefficient (Wildman–Crippen LogP) is 2.95. The summed E-state index contributed by atoms with van der Waals surface area (Å²) in [5, 5.41) is 0. The number of allylic oxidation sites excluding steroid dienone is 1. The van der Waals surface area contributed by atoms with Gasteiger partial charge in [-0.2, -0.15) is 0 Å². The van der Waals surface area contributed by atoms with Crippen LogP contribution < -0.4 is 0 Å². The molecule has 0 atom stereocenters. The van der Waals surface area contributed by atoms with Crippen molar-refractivity contribution >= 4 is 17.7 Å². The van der Waals surface area contributed by atoms with Crippen LogP contribution in [0.5, 0.6) is 0 Å². The molecule has 0 fully saturated rings. The van der Waals surface area contributed by atoms with Crippen molar-refractivity contribution in [1.29, 1.82) is 0 Å². The van der Waals surface area contributed by atoms with Crippen LogP contribution in [-0.4, -0.2) is 10.9 Å². The molecule has 1 aromatic heterocycles. The lowest BCUT2D eigenvalue weighted by Gasteiger charge is -1.99. The summed E-state index contributed by atoms with van der Waals surface area (Å²) in [5.74, 6) is 0.549. The molecule has 1 heterocycles. The Kier molecular flexibility index (Phi) is 3.30. The van der Waals surface area contributed by atoms with Crippen molar-refractivity contribution in [3.63, 3.8) is 0 Å². The van der Waals surface area contributed by atoms with Crippen LogP contribution in [-0.2, 0) is 0 Å². The maximum absolute atomic E-state index is 5.53. The zero-order valence-electron chi connectivity index (χ0n) is 7.34. The summed E-state index contributed by atoms with van der Waals surface area (Å²) in [6.07, 6.45) is 3.91. The number of aryl methyl sites for hydroxylation is 2. The summed E-state index contributed by atoms with van der Waals surface area (Å²) in [6, 6.07) is 4.06. The van der Waals surface area contributed by atoms with Gasteiger partial charge in [-0.15, -0.1) is 11.6 Å². The quantitative estimate of drug-likeness (QED) is 0.640. The molecule has 0 radical (unpaired) electrons. The maximum atomic E-state index is 5.53. The van der Waals surface area contributed by atoms with Gasteiger partial charge < -0.3 is 0 Å². The highest BCUT2D eigenvalue weighted by Gasteiger charge is 1.94. The van der Waals surface area contributed by atoms with E-state index in [2.05, 4.69) is 11.1 Å². The van der Waals surface area contributed by atoms with Gasteiger partial charge in [0.1, 0.15) is 0 Å². The van der Waals surface area contributed by atoms with Crippen LogP contribution in [0.1, 0.15) is 17.0 Å². The van der Waals surface area contributed by atoms with Gasteiger partial charge in [0.2, 0.25) is 0 Å². The molecule has 2 heteroatoms. The van der Waals surface area contributed by atoms with Gasteiger partial charge in [-0.3, -0.25) is 4.98 Å². The highest BCUT2D eigenvalue weighted by Crippen LogP contribution is 2.08. The van der Waals surface area contributed by atoms with Crippen molar-refractivity contribution in [2.75, 3.05) is 5.88 Å². The van der Waals surface area contributed by atoms with Crippen molar-refractivity contribution in [2.45, 2.75) is 13.8 Å². The van der Waals surface area contributed by atoms with Crippen molar-refractivity contribution in [1.82, 2.24) is 4.98 Å². The van der Waals surface area contributed by atoms with Crippen molar-refractivity contribution in [3.05, 3.63) is 35.2 Å². The van der Waals surface area contributed by atoms with Gasteiger partial charge in [0.15, 0.2) is 0 Å². The highest BCUT2D eigenvalue weighted by atomic mass is 35.5. The van der Waals surface area contributed by atoms with Crippen LogP contribution in [0, 0.1) is 13.8 Å². The minimum atomic E-state index is 0.549. The zero-order valence-corrected chi connectivity index (χ0v) is 8.10. The number of hydrogen-bond acceptors (Lipinski definition) is 1. The van der Waals surface area contributed by atoms with E-state index in [4.69, 9.17) is 11.6 Å². The molecule has 0 spiro atoms. The molecule has 1 rings (SSSR count). The number of aromatic nitrogens is 1. The second-order valence-electron chi connectivity index (χ2n) is 2.68. The summed E-state index contributed by atoms with van der Waals surface area (Å²) in [7, 11) is 0. The number of hydrogen-bond donors (Lipinski definition) is 0. The summed E-state index contributed by atoms with van der Waals surface area (Å²) in [4.78, 5) is 4.33. The number of rotatable bonds is 2. The third kappa shape index (κ3) is 2.35. The van der Waals surface area contributed by atoms with Crippen LogP contribution in [0.25, 0.3) is 6.08 Å². The average molecular weight is 182 g/mol. The lowest BCUT2D eigenvalue weighted by atomic mass is 10.2. The summed E-state index contributed by atoms with van der Waals surface area (Å²) in [6.45, 7) is 3.99. The van der Waals surface area contributed by atoms with E-state index >= 15 is 0 Å². The van der Waals surface area contributed by atoms with Gasteiger partial charge in [-0.25, -0.2) is 0 Å². The van der Waals surface area contributed by atoms with Crippen molar-refractivity contribution < 1.29 is 0 Å². The minimum Gasteiger partial charge on any atom is -0.258 e. The molecule has 64 valence electrons. The second-order valence-corrected chi connectivity index (χ2v) is 2.99. The molecule has 1 nitrogen and oxygen atoms in total. The summed E-state index contributed by atoms with van der Waals surface area (Å²) in [5.41, 5.74) is 3.24.